The average molecular weight is 249 g/mol. The molecule has 3 N–H and O–H groups in total. The van der Waals surface area contributed by atoms with E-state index in [1.807, 2.05) is 23.9 Å². The van der Waals surface area contributed by atoms with E-state index in [0.717, 1.165) is 16.6 Å². The lowest BCUT2D eigenvalue weighted by atomic mass is 10.0. The van der Waals surface area contributed by atoms with Crippen molar-refractivity contribution >= 4 is 17.6 Å². The Morgan fingerprint density at radius 2 is 2.18 bits per heavy atom. The molecule has 0 saturated heterocycles. The summed E-state index contributed by atoms with van der Waals surface area (Å²) in [4.78, 5) is 4.18. The van der Waals surface area contributed by atoms with Gasteiger partial charge in [0.25, 0.3) is 0 Å². The van der Waals surface area contributed by atoms with Gasteiger partial charge in [0, 0.05) is 17.2 Å². The molecule has 4 heteroatoms. The van der Waals surface area contributed by atoms with Crippen molar-refractivity contribution < 1.29 is 0 Å². The molecule has 1 aromatic rings. The molecule has 1 saturated carbocycles. The van der Waals surface area contributed by atoms with Crippen LogP contribution < -0.4 is 5.73 Å². The summed E-state index contributed by atoms with van der Waals surface area (Å²) in [6.45, 7) is 0. The monoisotopic (exact) mass is 249 g/mol. The third-order valence-corrected chi connectivity index (χ3v) is 4.59. The Hall–Kier alpha value is -1.03. The number of thioether (sulfide) groups is 1. The minimum Gasteiger partial charge on any atom is -0.382 e. The van der Waals surface area contributed by atoms with Gasteiger partial charge in [0.15, 0.2) is 0 Å². The van der Waals surface area contributed by atoms with Gasteiger partial charge in [-0.1, -0.05) is 25.3 Å². The summed E-state index contributed by atoms with van der Waals surface area (Å²) in [5.41, 5.74) is 7.28. The number of nitrogens with two attached hydrogens (primary N) is 1. The van der Waals surface area contributed by atoms with Crippen LogP contribution in [0, 0.1) is 5.41 Å². The van der Waals surface area contributed by atoms with Gasteiger partial charge < -0.3 is 5.73 Å². The molecule has 1 aromatic heterocycles. The SMILES string of the molecule is N=C(N)c1ncccc1CSC1CCCCC1. The molecule has 2 rings (SSSR count). The second-order valence-electron chi connectivity index (χ2n) is 4.50. The number of nitrogen functional groups attached to an aromatic ring is 1. The van der Waals surface area contributed by atoms with Crippen molar-refractivity contribution in [2.45, 2.75) is 43.1 Å². The van der Waals surface area contributed by atoms with E-state index in [-0.39, 0.29) is 5.84 Å². The maximum Gasteiger partial charge on any atom is 0.142 e. The van der Waals surface area contributed by atoms with Crippen molar-refractivity contribution in [2.75, 3.05) is 0 Å². The van der Waals surface area contributed by atoms with E-state index in [4.69, 9.17) is 11.1 Å². The zero-order chi connectivity index (χ0) is 12.1. The summed E-state index contributed by atoms with van der Waals surface area (Å²) in [6.07, 6.45) is 8.49. The van der Waals surface area contributed by atoms with Crippen LogP contribution in [0.5, 0.6) is 0 Å². The van der Waals surface area contributed by atoms with Gasteiger partial charge in [-0.25, -0.2) is 0 Å². The minimum atomic E-state index is 0.0739. The summed E-state index contributed by atoms with van der Waals surface area (Å²) in [7, 11) is 0. The van der Waals surface area contributed by atoms with Gasteiger partial charge in [0.05, 0.1) is 0 Å². The van der Waals surface area contributed by atoms with Gasteiger partial charge >= 0.3 is 0 Å². The van der Waals surface area contributed by atoms with Crippen LogP contribution in [0.2, 0.25) is 0 Å². The Morgan fingerprint density at radius 3 is 2.88 bits per heavy atom. The zero-order valence-electron chi connectivity index (χ0n) is 9.98. The van der Waals surface area contributed by atoms with Gasteiger partial charge in [-0.15, -0.1) is 0 Å². The normalized spacial score (nSPS) is 16.9. The highest BCUT2D eigenvalue weighted by Gasteiger charge is 2.15. The number of nitrogens with zero attached hydrogens (tertiary/aromatic N) is 1. The number of aromatic nitrogens is 1. The number of hydrogen-bond acceptors (Lipinski definition) is 3. The lowest BCUT2D eigenvalue weighted by Crippen LogP contribution is -2.16. The largest absolute Gasteiger partial charge is 0.382 e. The molecule has 1 fully saturated rings. The standard InChI is InChI=1S/C13H19N3S/c14-13(15)12-10(5-4-8-16-12)9-17-11-6-2-1-3-7-11/h4-5,8,11H,1-3,6-7,9H2,(H3,14,15). The Kier molecular flexibility index (Phi) is 4.42. The van der Waals surface area contributed by atoms with Crippen molar-refractivity contribution in [3.05, 3.63) is 29.6 Å². The maximum absolute atomic E-state index is 7.51. The van der Waals surface area contributed by atoms with E-state index in [2.05, 4.69) is 4.98 Å². The first kappa shape index (κ1) is 12.4. The van der Waals surface area contributed by atoms with Gasteiger partial charge in [0.2, 0.25) is 0 Å². The van der Waals surface area contributed by atoms with Crippen LogP contribution in [0.25, 0.3) is 0 Å². The predicted octanol–water partition coefficient (Wildman–Crippen LogP) is 2.93. The van der Waals surface area contributed by atoms with Crippen LogP contribution in [-0.2, 0) is 5.75 Å². The highest BCUT2D eigenvalue weighted by Crippen LogP contribution is 2.30. The molecule has 1 heterocycles. The number of pyridine rings is 1. The number of hydrogen-bond donors (Lipinski definition) is 2. The Labute approximate surface area is 107 Å². The molecule has 1 aliphatic carbocycles. The first-order valence-electron chi connectivity index (χ1n) is 6.17. The Bertz CT molecular complexity index is 386. The number of amidine groups is 1. The lowest BCUT2D eigenvalue weighted by molar-refractivity contribution is 0.516. The first-order valence-corrected chi connectivity index (χ1v) is 7.22. The fourth-order valence-electron chi connectivity index (χ4n) is 2.24. The van der Waals surface area contributed by atoms with Crippen molar-refractivity contribution in [1.29, 1.82) is 5.41 Å². The minimum absolute atomic E-state index is 0.0739. The Balaban J connectivity index is 1.96. The molecular weight excluding hydrogens is 230 g/mol. The van der Waals surface area contributed by atoms with Gasteiger partial charge in [-0.3, -0.25) is 10.4 Å². The molecule has 0 spiro atoms. The van der Waals surface area contributed by atoms with E-state index in [1.165, 1.54) is 32.1 Å². The number of rotatable bonds is 4. The molecule has 3 nitrogen and oxygen atoms in total. The van der Waals surface area contributed by atoms with Gasteiger partial charge in [-0.2, -0.15) is 11.8 Å². The molecule has 1 aliphatic rings. The second-order valence-corrected chi connectivity index (χ2v) is 5.78. The third kappa shape index (κ3) is 3.46. The zero-order valence-corrected chi connectivity index (χ0v) is 10.8. The summed E-state index contributed by atoms with van der Waals surface area (Å²) in [6, 6.07) is 3.95. The molecule has 0 aliphatic heterocycles. The first-order chi connectivity index (χ1) is 8.27. The van der Waals surface area contributed by atoms with E-state index >= 15 is 0 Å². The lowest BCUT2D eigenvalue weighted by Gasteiger charge is -2.21. The molecule has 0 amide bonds. The van der Waals surface area contributed by atoms with Crippen LogP contribution in [0.4, 0.5) is 0 Å². The fraction of sp³-hybridized carbons (Fsp3) is 0.538. The highest BCUT2D eigenvalue weighted by molar-refractivity contribution is 7.99. The van der Waals surface area contributed by atoms with Crippen LogP contribution in [0.15, 0.2) is 18.3 Å². The van der Waals surface area contributed by atoms with Crippen LogP contribution in [0.1, 0.15) is 43.4 Å². The second kappa shape index (κ2) is 6.05. The van der Waals surface area contributed by atoms with Gasteiger partial charge in [-0.05, 0) is 24.5 Å². The molecule has 0 aromatic carbocycles. The molecule has 0 atom stereocenters. The van der Waals surface area contributed by atoms with Crippen molar-refractivity contribution in [3.8, 4) is 0 Å². The molecular formula is C13H19N3S. The van der Waals surface area contributed by atoms with Crippen LogP contribution in [-0.4, -0.2) is 16.1 Å². The van der Waals surface area contributed by atoms with Crippen molar-refractivity contribution in [2.24, 2.45) is 5.73 Å². The molecule has 17 heavy (non-hydrogen) atoms. The van der Waals surface area contributed by atoms with Crippen LogP contribution >= 0.6 is 11.8 Å². The number of nitrogens with one attached hydrogen (secondary N) is 1. The molecule has 0 bridgehead atoms. The highest BCUT2D eigenvalue weighted by atomic mass is 32.2. The smallest absolute Gasteiger partial charge is 0.142 e. The van der Waals surface area contributed by atoms with E-state index in [0.29, 0.717) is 5.69 Å². The van der Waals surface area contributed by atoms with E-state index < -0.39 is 0 Å². The van der Waals surface area contributed by atoms with Crippen molar-refractivity contribution in [3.63, 3.8) is 0 Å². The predicted molar refractivity (Wildman–Crippen MR) is 73.4 cm³/mol. The topological polar surface area (TPSA) is 62.8 Å². The summed E-state index contributed by atoms with van der Waals surface area (Å²) < 4.78 is 0. The van der Waals surface area contributed by atoms with E-state index in [1.54, 1.807) is 6.20 Å². The molecule has 92 valence electrons. The maximum atomic E-state index is 7.51. The average Bonchev–Trinajstić information content (AvgIpc) is 2.38. The summed E-state index contributed by atoms with van der Waals surface area (Å²) in [5.74, 6) is 0.998. The van der Waals surface area contributed by atoms with Gasteiger partial charge in [0.1, 0.15) is 11.5 Å². The molecule has 0 unspecified atom stereocenters. The Morgan fingerprint density at radius 1 is 1.41 bits per heavy atom. The fourth-order valence-corrected chi connectivity index (χ4v) is 3.55. The summed E-state index contributed by atoms with van der Waals surface area (Å²) >= 11 is 1.99. The van der Waals surface area contributed by atoms with Crippen molar-refractivity contribution in [1.82, 2.24) is 4.98 Å². The summed E-state index contributed by atoms with van der Waals surface area (Å²) in [5, 5.41) is 8.29. The van der Waals surface area contributed by atoms with E-state index in [9.17, 15) is 0 Å². The third-order valence-electron chi connectivity index (χ3n) is 3.17. The quantitative estimate of drug-likeness (QED) is 0.637. The van der Waals surface area contributed by atoms with Crippen LogP contribution in [0.3, 0.4) is 0 Å². The molecule has 0 radical (unpaired) electrons.